The van der Waals surface area contributed by atoms with Crippen molar-refractivity contribution < 1.29 is 9.53 Å². The van der Waals surface area contributed by atoms with Gasteiger partial charge in [-0.1, -0.05) is 30.3 Å². The maximum atomic E-state index is 12.2. The van der Waals surface area contributed by atoms with Crippen LogP contribution in [-0.4, -0.2) is 12.0 Å². The lowest BCUT2D eigenvalue weighted by atomic mass is 10.1. The number of carbonyl (C=O) groups is 1. The molecule has 1 N–H and O–H groups in total. The molecule has 2 rings (SSSR count). The highest BCUT2D eigenvalue weighted by Crippen LogP contribution is 2.12. The van der Waals surface area contributed by atoms with Crippen LogP contribution >= 0.6 is 0 Å². The van der Waals surface area contributed by atoms with Crippen molar-refractivity contribution in [1.82, 2.24) is 5.32 Å². The van der Waals surface area contributed by atoms with E-state index in [0.29, 0.717) is 24.3 Å². The first-order chi connectivity index (χ1) is 11.1. The third-order valence-corrected chi connectivity index (χ3v) is 3.38. The Morgan fingerprint density at radius 2 is 1.91 bits per heavy atom. The number of hydrogen-bond donors (Lipinski definition) is 1. The third-order valence-electron chi connectivity index (χ3n) is 3.38. The zero-order chi connectivity index (χ0) is 16.7. The van der Waals surface area contributed by atoms with Gasteiger partial charge in [-0.05, 0) is 43.2 Å². The highest BCUT2D eigenvalue weighted by Gasteiger charge is 2.08. The molecule has 2 aromatic rings. The monoisotopic (exact) mass is 308 g/mol. The quantitative estimate of drug-likeness (QED) is 0.889. The first kappa shape index (κ1) is 16.7. The highest BCUT2D eigenvalue weighted by atomic mass is 16.5. The van der Waals surface area contributed by atoms with Gasteiger partial charge in [0, 0.05) is 12.1 Å². The van der Waals surface area contributed by atoms with Gasteiger partial charge in [0.2, 0.25) is 0 Å². The summed E-state index contributed by atoms with van der Waals surface area (Å²) >= 11 is 0. The number of ether oxygens (including phenoxy) is 1. The molecule has 0 saturated carbocycles. The normalized spacial score (nSPS) is 10.3. The third kappa shape index (κ3) is 4.94. The largest absolute Gasteiger partial charge is 0.374 e. The summed E-state index contributed by atoms with van der Waals surface area (Å²) in [6, 6.07) is 16.6. The zero-order valence-corrected chi connectivity index (χ0v) is 13.4. The molecule has 0 aliphatic rings. The van der Waals surface area contributed by atoms with Crippen LogP contribution in [0.15, 0.2) is 48.5 Å². The Morgan fingerprint density at radius 3 is 2.61 bits per heavy atom. The molecule has 0 aliphatic carbocycles. The van der Waals surface area contributed by atoms with Gasteiger partial charge >= 0.3 is 0 Å². The maximum absolute atomic E-state index is 12.2. The second kappa shape index (κ2) is 8.11. The molecule has 1 amide bonds. The lowest BCUT2D eigenvalue weighted by Crippen LogP contribution is -2.23. The highest BCUT2D eigenvalue weighted by molar-refractivity contribution is 5.94. The van der Waals surface area contributed by atoms with Crippen LogP contribution in [0.5, 0.6) is 0 Å². The Labute approximate surface area is 136 Å². The average Bonchev–Trinajstić information content (AvgIpc) is 2.58. The molecule has 0 aliphatic heterocycles. The fraction of sp³-hybridized carbons (Fsp3) is 0.263. The van der Waals surface area contributed by atoms with Crippen molar-refractivity contribution in [3.05, 3.63) is 70.8 Å². The van der Waals surface area contributed by atoms with Gasteiger partial charge in [-0.15, -0.1) is 0 Å². The molecular weight excluding hydrogens is 288 g/mol. The van der Waals surface area contributed by atoms with E-state index in [2.05, 4.69) is 5.32 Å². The molecule has 0 aromatic heterocycles. The zero-order valence-electron chi connectivity index (χ0n) is 13.4. The van der Waals surface area contributed by atoms with E-state index >= 15 is 0 Å². The Hall–Kier alpha value is -2.64. The Morgan fingerprint density at radius 1 is 1.17 bits per heavy atom. The topological polar surface area (TPSA) is 62.1 Å². The van der Waals surface area contributed by atoms with Crippen LogP contribution in [-0.2, 0) is 17.9 Å². The molecule has 0 bridgehead atoms. The Kier molecular flexibility index (Phi) is 5.90. The van der Waals surface area contributed by atoms with Crippen LogP contribution in [0.3, 0.4) is 0 Å². The molecule has 4 heteroatoms. The smallest absolute Gasteiger partial charge is 0.251 e. The fourth-order valence-corrected chi connectivity index (χ4v) is 2.13. The number of rotatable bonds is 6. The molecule has 23 heavy (non-hydrogen) atoms. The molecule has 0 fully saturated rings. The molecule has 0 radical (unpaired) electrons. The second-order valence-corrected chi connectivity index (χ2v) is 5.50. The summed E-state index contributed by atoms with van der Waals surface area (Å²) in [6.45, 7) is 4.93. The van der Waals surface area contributed by atoms with Gasteiger partial charge in [0.05, 0.1) is 24.3 Å². The minimum Gasteiger partial charge on any atom is -0.374 e. The summed E-state index contributed by atoms with van der Waals surface area (Å²) in [7, 11) is 0. The van der Waals surface area contributed by atoms with E-state index in [0.717, 1.165) is 11.1 Å². The molecule has 0 spiro atoms. The molecule has 0 unspecified atom stereocenters. The van der Waals surface area contributed by atoms with Gasteiger partial charge in [-0.2, -0.15) is 5.26 Å². The molecule has 0 saturated heterocycles. The summed E-state index contributed by atoms with van der Waals surface area (Å²) in [5.74, 6) is -0.193. The van der Waals surface area contributed by atoms with Gasteiger partial charge in [-0.25, -0.2) is 0 Å². The summed E-state index contributed by atoms with van der Waals surface area (Å²) < 4.78 is 5.64. The van der Waals surface area contributed by atoms with E-state index in [9.17, 15) is 4.79 Å². The number of nitrogens with zero attached hydrogens (tertiary/aromatic N) is 1. The summed E-state index contributed by atoms with van der Waals surface area (Å²) in [5.41, 5.74) is 3.05. The van der Waals surface area contributed by atoms with Crippen molar-refractivity contribution in [1.29, 1.82) is 5.26 Å². The van der Waals surface area contributed by atoms with Gasteiger partial charge in [0.15, 0.2) is 0 Å². The number of benzene rings is 2. The molecule has 0 heterocycles. The van der Waals surface area contributed by atoms with E-state index in [1.165, 1.54) is 0 Å². The van der Waals surface area contributed by atoms with Crippen LogP contribution < -0.4 is 5.32 Å². The number of nitriles is 1. The van der Waals surface area contributed by atoms with Crippen molar-refractivity contribution in [2.24, 2.45) is 0 Å². The summed E-state index contributed by atoms with van der Waals surface area (Å²) in [5, 5.41) is 11.8. The Balaban J connectivity index is 2.03. The van der Waals surface area contributed by atoms with Crippen LogP contribution in [0.2, 0.25) is 0 Å². The number of nitrogens with one attached hydrogen (secondary N) is 1. The minimum absolute atomic E-state index is 0.159. The molecule has 4 nitrogen and oxygen atoms in total. The molecular formula is C19H20N2O2. The molecule has 2 aromatic carbocycles. The van der Waals surface area contributed by atoms with Crippen molar-refractivity contribution in [3.63, 3.8) is 0 Å². The van der Waals surface area contributed by atoms with E-state index in [1.54, 1.807) is 24.3 Å². The van der Waals surface area contributed by atoms with E-state index in [-0.39, 0.29) is 12.0 Å². The number of hydrogen-bond acceptors (Lipinski definition) is 3. The first-order valence-corrected chi connectivity index (χ1v) is 7.57. The van der Waals surface area contributed by atoms with E-state index < -0.39 is 0 Å². The standard InChI is InChI=1S/C19H20N2O2/c1-14(2)23-13-18-8-4-3-7-17(18)12-21-19(22)16-9-5-6-15(10-16)11-20/h3-10,14H,12-13H2,1-2H3,(H,21,22). The minimum atomic E-state index is -0.193. The van der Waals surface area contributed by atoms with Crippen molar-refractivity contribution in [2.75, 3.05) is 0 Å². The molecule has 0 atom stereocenters. The fourth-order valence-electron chi connectivity index (χ4n) is 2.13. The van der Waals surface area contributed by atoms with Gasteiger partial charge in [-0.3, -0.25) is 4.79 Å². The van der Waals surface area contributed by atoms with Crippen LogP contribution in [0.25, 0.3) is 0 Å². The predicted molar refractivity (Wildman–Crippen MR) is 88.7 cm³/mol. The predicted octanol–water partition coefficient (Wildman–Crippen LogP) is 3.41. The SMILES string of the molecule is CC(C)OCc1ccccc1CNC(=O)c1cccc(C#N)c1. The first-order valence-electron chi connectivity index (χ1n) is 7.57. The summed E-state index contributed by atoms with van der Waals surface area (Å²) in [4.78, 5) is 12.2. The molecule has 118 valence electrons. The number of amides is 1. The van der Waals surface area contributed by atoms with Gasteiger partial charge in [0.25, 0.3) is 5.91 Å². The average molecular weight is 308 g/mol. The van der Waals surface area contributed by atoms with Gasteiger partial charge < -0.3 is 10.1 Å². The van der Waals surface area contributed by atoms with Crippen molar-refractivity contribution in [2.45, 2.75) is 33.1 Å². The van der Waals surface area contributed by atoms with Crippen LogP contribution in [0.4, 0.5) is 0 Å². The Bertz CT molecular complexity index is 717. The summed E-state index contributed by atoms with van der Waals surface area (Å²) in [6.07, 6.45) is 0.159. The van der Waals surface area contributed by atoms with E-state index in [1.807, 2.05) is 44.2 Å². The van der Waals surface area contributed by atoms with Crippen LogP contribution in [0, 0.1) is 11.3 Å². The second-order valence-electron chi connectivity index (χ2n) is 5.50. The number of carbonyl (C=O) groups excluding carboxylic acids is 1. The van der Waals surface area contributed by atoms with Crippen molar-refractivity contribution in [3.8, 4) is 6.07 Å². The maximum Gasteiger partial charge on any atom is 0.251 e. The van der Waals surface area contributed by atoms with Gasteiger partial charge in [0.1, 0.15) is 0 Å². The lowest BCUT2D eigenvalue weighted by Gasteiger charge is -2.13. The van der Waals surface area contributed by atoms with E-state index in [4.69, 9.17) is 10.00 Å². The van der Waals surface area contributed by atoms with Crippen molar-refractivity contribution >= 4 is 5.91 Å². The van der Waals surface area contributed by atoms with Crippen LogP contribution in [0.1, 0.15) is 40.9 Å². The lowest BCUT2D eigenvalue weighted by molar-refractivity contribution is 0.0651.